The van der Waals surface area contributed by atoms with Crippen LogP contribution in [0.3, 0.4) is 0 Å². The number of nitrogens with zero attached hydrogens (tertiary/aromatic N) is 1. The van der Waals surface area contributed by atoms with Crippen molar-refractivity contribution in [3.8, 4) is 11.1 Å². The molecule has 0 bridgehead atoms. The standard InChI is InChI=1S/C21H15Cl2F3N4O2/c22-15-7-13(12-2-1-10(25)5-18(12)27)17(26)8-14(15)20(31)30-11-6-16(23)19(29-9-11)21(32)28-4-3-24/h1-2,5-9H,3-4,27H2,(H,28,32)(H,30,31). The van der Waals surface area contributed by atoms with Gasteiger partial charge in [0.05, 0.1) is 27.5 Å². The van der Waals surface area contributed by atoms with E-state index in [2.05, 4.69) is 15.6 Å². The lowest BCUT2D eigenvalue weighted by Crippen LogP contribution is -2.26. The molecule has 0 aliphatic carbocycles. The Morgan fingerprint density at radius 2 is 1.75 bits per heavy atom. The predicted molar refractivity (Wildman–Crippen MR) is 117 cm³/mol. The first-order chi connectivity index (χ1) is 15.2. The number of benzene rings is 2. The van der Waals surface area contributed by atoms with Crippen molar-refractivity contribution in [3.05, 3.63) is 75.5 Å². The number of amides is 2. The van der Waals surface area contributed by atoms with E-state index in [0.717, 1.165) is 24.4 Å². The van der Waals surface area contributed by atoms with E-state index >= 15 is 0 Å². The summed E-state index contributed by atoms with van der Waals surface area (Å²) >= 11 is 12.2. The Morgan fingerprint density at radius 1 is 1.00 bits per heavy atom. The van der Waals surface area contributed by atoms with Crippen molar-refractivity contribution in [2.45, 2.75) is 0 Å². The van der Waals surface area contributed by atoms with Crippen molar-refractivity contribution in [1.82, 2.24) is 10.3 Å². The first-order valence-electron chi connectivity index (χ1n) is 9.06. The zero-order chi connectivity index (χ0) is 23.4. The monoisotopic (exact) mass is 482 g/mol. The van der Waals surface area contributed by atoms with Crippen molar-refractivity contribution in [2.24, 2.45) is 0 Å². The molecule has 0 aliphatic rings. The fourth-order valence-corrected chi connectivity index (χ4v) is 3.32. The Labute approximate surface area is 190 Å². The van der Waals surface area contributed by atoms with E-state index in [1.165, 1.54) is 18.2 Å². The van der Waals surface area contributed by atoms with Crippen LogP contribution in [0.15, 0.2) is 42.6 Å². The predicted octanol–water partition coefficient (Wildman–Crippen LogP) is 4.87. The van der Waals surface area contributed by atoms with E-state index in [4.69, 9.17) is 28.9 Å². The van der Waals surface area contributed by atoms with E-state index in [1.807, 2.05) is 0 Å². The number of carbonyl (C=O) groups excluding carboxylic acids is 2. The molecule has 4 N–H and O–H groups in total. The van der Waals surface area contributed by atoms with Crippen LogP contribution in [0, 0.1) is 11.6 Å². The lowest BCUT2D eigenvalue weighted by molar-refractivity contribution is 0.0945. The number of alkyl halides is 1. The van der Waals surface area contributed by atoms with Crippen LogP contribution in [0.4, 0.5) is 24.5 Å². The highest BCUT2D eigenvalue weighted by Crippen LogP contribution is 2.33. The molecule has 0 aliphatic heterocycles. The molecule has 0 saturated heterocycles. The third-order valence-electron chi connectivity index (χ3n) is 4.30. The number of rotatable bonds is 6. The summed E-state index contributed by atoms with van der Waals surface area (Å²) < 4.78 is 40.2. The minimum absolute atomic E-state index is 0.00240. The normalized spacial score (nSPS) is 10.7. The molecule has 3 aromatic rings. The van der Waals surface area contributed by atoms with Crippen molar-refractivity contribution < 1.29 is 22.8 Å². The molecule has 0 spiro atoms. The van der Waals surface area contributed by atoms with Gasteiger partial charge in [0.15, 0.2) is 0 Å². The number of carbonyl (C=O) groups is 2. The summed E-state index contributed by atoms with van der Waals surface area (Å²) in [5.41, 5.74) is 5.76. The molecule has 6 nitrogen and oxygen atoms in total. The highest BCUT2D eigenvalue weighted by molar-refractivity contribution is 6.35. The van der Waals surface area contributed by atoms with Gasteiger partial charge in [-0.25, -0.2) is 18.2 Å². The zero-order valence-corrected chi connectivity index (χ0v) is 17.7. The second-order valence-corrected chi connectivity index (χ2v) is 7.31. The van der Waals surface area contributed by atoms with Crippen LogP contribution < -0.4 is 16.4 Å². The third-order valence-corrected chi connectivity index (χ3v) is 4.90. The Bertz CT molecular complexity index is 1210. The van der Waals surface area contributed by atoms with Gasteiger partial charge in [0, 0.05) is 23.4 Å². The summed E-state index contributed by atoms with van der Waals surface area (Å²) in [6.45, 7) is -0.944. The fraction of sp³-hybridized carbons (Fsp3) is 0.0952. The van der Waals surface area contributed by atoms with Gasteiger partial charge in [-0.1, -0.05) is 23.2 Å². The number of halogens is 5. The van der Waals surface area contributed by atoms with Crippen molar-refractivity contribution in [3.63, 3.8) is 0 Å². The molecular formula is C21H15Cl2F3N4O2. The lowest BCUT2D eigenvalue weighted by atomic mass is 10.0. The Kier molecular flexibility index (Phi) is 7.22. The van der Waals surface area contributed by atoms with Gasteiger partial charge in [-0.05, 0) is 36.4 Å². The minimum atomic E-state index is -0.797. The van der Waals surface area contributed by atoms with E-state index < -0.39 is 30.1 Å². The first kappa shape index (κ1) is 23.4. The molecular weight excluding hydrogens is 468 g/mol. The van der Waals surface area contributed by atoms with Crippen LogP contribution in [0.1, 0.15) is 20.8 Å². The minimum Gasteiger partial charge on any atom is -0.398 e. The number of hydrogen-bond acceptors (Lipinski definition) is 4. The van der Waals surface area contributed by atoms with Gasteiger partial charge in [-0.15, -0.1) is 0 Å². The Morgan fingerprint density at radius 3 is 2.41 bits per heavy atom. The van der Waals surface area contributed by atoms with Crippen molar-refractivity contribution in [2.75, 3.05) is 24.3 Å². The molecule has 1 heterocycles. The van der Waals surface area contributed by atoms with Crippen LogP contribution in [-0.2, 0) is 0 Å². The summed E-state index contributed by atoms with van der Waals surface area (Å²) in [7, 11) is 0. The van der Waals surface area contributed by atoms with E-state index in [0.29, 0.717) is 0 Å². The summed E-state index contributed by atoms with van der Waals surface area (Å²) in [4.78, 5) is 28.3. The summed E-state index contributed by atoms with van der Waals surface area (Å²) in [5, 5.41) is 4.57. The van der Waals surface area contributed by atoms with E-state index in [1.54, 1.807) is 0 Å². The molecule has 2 amide bonds. The first-order valence-corrected chi connectivity index (χ1v) is 9.82. The van der Waals surface area contributed by atoms with Crippen molar-refractivity contribution in [1.29, 1.82) is 0 Å². The second-order valence-electron chi connectivity index (χ2n) is 6.50. The van der Waals surface area contributed by atoms with Crippen LogP contribution >= 0.6 is 23.2 Å². The average molecular weight is 483 g/mol. The van der Waals surface area contributed by atoms with Gasteiger partial charge < -0.3 is 16.4 Å². The number of hydrogen-bond donors (Lipinski definition) is 3. The number of nitrogens with one attached hydrogen (secondary N) is 2. The molecule has 32 heavy (non-hydrogen) atoms. The number of nitrogen functional groups attached to an aromatic ring is 1. The molecule has 0 unspecified atom stereocenters. The van der Waals surface area contributed by atoms with Gasteiger partial charge in [-0.2, -0.15) is 0 Å². The SMILES string of the molecule is Nc1cc(F)ccc1-c1cc(Cl)c(C(=O)Nc2cnc(C(=O)NCCF)c(Cl)c2)cc1F. The summed E-state index contributed by atoms with van der Waals surface area (Å²) in [6, 6.07) is 6.86. The highest BCUT2D eigenvalue weighted by atomic mass is 35.5. The van der Waals surface area contributed by atoms with Crippen LogP contribution in [0.5, 0.6) is 0 Å². The molecule has 1 aromatic heterocycles. The Balaban J connectivity index is 1.83. The number of pyridine rings is 1. The maximum absolute atomic E-state index is 14.7. The molecule has 0 atom stereocenters. The molecule has 3 rings (SSSR count). The number of nitrogens with two attached hydrogens (primary N) is 1. The van der Waals surface area contributed by atoms with Crippen LogP contribution in [-0.4, -0.2) is 30.0 Å². The van der Waals surface area contributed by atoms with E-state index in [9.17, 15) is 22.8 Å². The van der Waals surface area contributed by atoms with E-state index in [-0.39, 0.29) is 50.3 Å². The van der Waals surface area contributed by atoms with Gasteiger partial charge in [0.2, 0.25) is 0 Å². The molecule has 2 aromatic carbocycles. The lowest BCUT2D eigenvalue weighted by Gasteiger charge is -2.12. The smallest absolute Gasteiger partial charge is 0.271 e. The quantitative estimate of drug-likeness (QED) is 0.436. The zero-order valence-electron chi connectivity index (χ0n) is 16.2. The van der Waals surface area contributed by atoms with Gasteiger partial charge in [0.25, 0.3) is 11.8 Å². The molecule has 0 fully saturated rings. The molecule has 166 valence electrons. The third kappa shape index (κ3) is 5.12. The summed E-state index contributed by atoms with van der Waals surface area (Å²) in [5.74, 6) is -2.81. The summed E-state index contributed by atoms with van der Waals surface area (Å²) in [6.07, 6.45) is 1.16. The number of anilines is 2. The molecule has 0 saturated carbocycles. The highest BCUT2D eigenvalue weighted by Gasteiger charge is 2.19. The van der Waals surface area contributed by atoms with Gasteiger partial charge in [0.1, 0.15) is 24.0 Å². The molecule has 11 heteroatoms. The van der Waals surface area contributed by atoms with Gasteiger partial charge >= 0.3 is 0 Å². The molecule has 0 radical (unpaired) electrons. The van der Waals surface area contributed by atoms with Crippen molar-refractivity contribution >= 4 is 46.4 Å². The van der Waals surface area contributed by atoms with Crippen LogP contribution in [0.25, 0.3) is 11.1 Å². The second kappa shape index (κ2) is 9.88. The average Bonchev–Trinajstić information content (AvgIpc) is 2.73. The Hall–Kier alpha value is -3.30. The van der Waals surface area contributed by atoms with Crippen LogP contribution in [0.2, 0.25) is 10.0 Å². The van der Waals surface area contributed by atoms with Gasteiger partial charge in [-0.3, -0.25) is 9.59 Å². The number of aromatic nitrogens is 1. The topological polar surface area (TPSA) is 97.1 Å². The fourth-order valence-electron chi connectivity index (χ4n) is 2.82. The maximum Gasteiger partial charge on any atom is 0.271 e. The largest absolute Gasteiger partial charge is 0.398 e. The maximum atomic E-state index is 14.7.